The third-order valence-corrected chi connectivity index (χ3v) is 8.70. The predicted molar refractivity (Wildman–Crippen MR) is 143 cm³/mol. The third-order valence-electron chi connectivity index (χ3n) is 7.81. The average molecular weight is 516 g/mol. The van der Waals surface area contributed by atoms with Gasteiger partial charge in [0.2, 0.25) is 0 Å². The van der Waals surface area contributed by atoms with Gasteiger partial charge in [0.1, 0.15) is 5.82 Å². The first-order valence-electron chi connectivity index (χ1n) is 12.9. The second-order valence-corrected chi connectivity index (χ2v) is 11.2. The van der Waals surface area contributed by atoms with Gasteiger partial charge in [-0.1, -0.05) is 6.07 Å². The van der Waals surface area contributed by atoms with Gasteiger partial charge in [-0.25, -0.2) is 14.5 Å². The highest BCUT2D eigenvalue weighted by Crippen LogP contribution is 2.31. The molecule has 2 unspecified atom stereocenters. The zero-order valence-corrected chi connectivity index (χ0v) is 21.5. The Hall–Kier alpha value is -3.34. The van der Waals surface area contributed by atoms with Crippen LogP contribution in [0.2, 0.25) is 0 Å². The maximum absolute atomic E-state index is 13.9. The Labute approximate surface area is 219 Å². The number of hydrogen-bond donors (Lipinski definition) is 1. The second-order valence-electron chi connectivity index (χ2n) is 10.2. The summed E-state index contributed by atoms with van der Waals surface area (Å²) in [5.74, 6) is 1.37. The molecular weight excluding hydrogens is 486 g/mol. The molecule has 4 aromatic heterocycles. The molecule has 0 spiro atoms. The van der Waals surface area contributed by atoms with E-state index in [0.29, 0.717) is 23.2 Å². The molecule has 9 nitrogen and oxygen atoms in total. The Balaban J connectivity index is 1.29. The molecular formula is C27H29N7O2S. The standard InChI is InChI=1S/C27H29N7O2S/c1-36-20-15-32(16-20)25-10-18(27(35)33-13-17-4-5-19(14-33)28-11-17)9-23(30-25)21-12-29-34-7-6-22(31-26(21)34)24-3-2-8-37-24/h2-3,6-10,12,17,19-20,28H,4-5,11,13-16H2,1H3. The molecule has 4 aliphatic heterocycles. The number of anilines is 1. The highest BCUT2D eigenvalue weighted by Gasteiger charge is 2.33. The zero-order valence-electron chi connectivity index (χ0n) is 20.7. The average Bonchev–Trinajstić information content (AvgIpc) is 3.49. The Morgan fingerprint density at radius 3 is 2.81 bits per heavy atom. The van der Waals surface area contributed by atoms with Crippen LogP contribution in [-0.4, -0.2) is 82.4 Å². The number of rotatable bonds is 5. The first-order valence-corrected chi connectivity index (χ1v) is 13.7. The fourth-order valence-corrected chi connectivity index (χ4v) is 6.31. The molecule has 8 heterocycles. The normalized spacial score (nSPS) is 21.9. The lowest BCUT2D eigenvalue weighted by Gasteiger charge is -2.39. The predicted octanol–water partition coefficient (Wildman–Crippen LogP) is 3.18. The number of piperidine rings is 1. The molecule has 4 aliphatic rings. The molecule has 190 valence electrons. The van der Waals surface area contributed by atoms with Crippen molar-refractivity contribution in [3.05, 3.63) is 53.7 Å². The summed E-state index contributed by atoms with van der Waals surface area (Å²) < 4.78 is 7.26. The summed E-state index contributed by atoms with van der Waals surface area (Å²) >= 11 is 1.66. The number of carbonyl (C=O) groups is 1. The molecule has 1 N–H and O–H groups in total. The number of methoxy groups -OCH3 is 1. The first-order chi connectivity index (χ1) is 18.1. The minimum atomic E-state index is 0.0676. The van der Waals surface area contributed by atoms with Crippen molar-refractivity contribution in [2.24, 2.45) is 5.92 Å². The maximum Gasteiger partial charge on any atom is 0.254 e. The topological polar surface area (TPSA) is 87.9 Å². The summed E-state index contributed by atoms with van der Waals surface area (Å²) in [6.45, 7) is 4.06. The summed E-state index contributed by atoms with van der Waals surface area (Å²) in [5.41, 5.74) is 3.81. The number of pyridine rings is 1. The van der Waals surface area contributed by atoms with Crippen molar-refractivity contribution >= 4 is 28.7 Å². The number of amides is 1. The van der Waals surface area contributed by atoms with Gasteiger partial charge in [0.15, 0.2) is 5.65 Å². The first kappa shape index (κ1) is 22.8. The van der Waals surface area contributed by atoms with Gasteiger partial charge in [-0.2, -0.15) is 5.10 Å². The summed E-state index contributed by atoms with van der Waals surface area (Å²) in [7, 11) is 1.73. The van der Waals surface area contributed by atoms with Crippen LogP contribution in [0.1, 0.15) is 23.2 Å². The number of nitrogens with zero attached hydrogens (tertiary/aromatic N) is 6. The van der Waals surface area contributed by atoms with Gasteiger partial charge in [-0.05, 0) is 54.9 Å². The molecule has 0 aromatic carbocycles. The number of nitrogens with one attached hydrogen (secondary N) is 1. The van der Waals surface area contributed by atoms with Crippen molar-refractivity contribution in [3.8, 4) is 21.8 Å². The molecule has 10 heteroatoms. The number of thiophene rings is 1. The van der Waals surface area contributed by atoms with Crippen molar-refractivity contribution in [2.45, 2.75) is 25.0 Å². The van der Waals surface area contributed by atoms with Gasteiger partial charge < -0.3 is 19.9 Å². The van der Waals surface area contributed by atoms with Crippen LogP contribution in [0.3, 0.4) is 0 Å². The Bertz CT molecular complexity index is 1420. The maximum atomic E-state index is 13.9. The Morgan fingerprint density at radius 1 is 1.11 bits per heavy atom. The van der Waals surface area contributed by atoms with Crippen LogP contribution in [0.5, 0.6) is 0 Å². The second kappa shape index (κ2) is 9.20. The van der Waals surface area contributed by atoms with E-state index in [9.17, 15) is 4.79 Å². The molecule has 4 saturated heterocycles. The monoisotopic (exact) mass is 515 g/mol. The smallest absolute Gasteiger partial charge is 0.254 e. The lowest BCUT2D eigenvalue weighted by molar-refractivity contribution is 0.0747. The summed E-state index contributed by atoms with van der Waals surface area (Å²) in [5, 5.41) is 10.2. The van der Waals surface area contributed by atoms with Crippen molar-refractivity contribution in [2.75, 3.05) is 44.7 Å². The van der Waals surface area contributed by atoms with Crippen LogP contribution in [-0.2, 0) is 4.74 Å². The SMILES string of the molecule is COC1CN(c2cc(C(=O)N3CC4CCC(C3)NC4)cc(-c3cnn4ccc(-c5cccs5)nc34)n2)C1. The number of ether oxygens (including phenoxy) is 1. The number of fused-ring (bicyclic) bond motifs is 5. The molecule has 2 bridgehead atoms. The molecule has 37 heavy (non-hydrogen) atoms. The van der Waals surface area contributed by atoms with Gasteiger partial charge >= 0.3 is 0 Å². The van der Waals surface area contributed by atoms with Crippen LogP contribution in [0.15, 0.2) is 48.1 Å². The van der Waals surface area contributed by atoms with E-state index >= 15 is 0 Å². The molecule has 4 fully saturated rings. The quantitative estimate of drug-likeness (QED) is 0.437. The summed E-state index contributed by atoms with van der Waals surface area (Å²) in [6.07, 6.45) is 6.22. The van der Waals surface area contributed by atoms with Crippen LogP contribution >= 0.6 is 11.3 Å². The Kier molecular flexibility index (Phi) is 5.67. The van der Waals surface area contributed by atoms with E-state index in [4.69, 9.17) is 14.7 Å². The molecule has 8 rings (SSSR count). The van der Waals surface area contributed by atoms with Gasteiger partial charge in [0, 0.05) is 51.1 Å². The van der Waals surface area contributed by atoms with Gasteiger partial charge in [0.05, 0.1) is 34.1 Å². The molecule has 2 atom stereocenters. The molecule has 0 aliphatic carbocycles. The lowest BCUT2D eigenvalue weighted by atomic mass is 9.97. The van der Waals surface area contributed by atoms with E-state index in [0.717, 1.165) is 66.7 Å². The van der Waals surface area contributed by atoms with E-state index in [1.54, 1.807) is 29.2 Å². The van der Waals surface area contributed by atoms with Crippen molar-refractivity contribution in [1.29, 1.82) is 0 Å². The van der Waals surface area contributed by atoms with Gasteiger partial charge in [-0.15, -0.1) is 11.3 Å². The van der Waals surface area contributed by atoms with E-state index in [-0.39, 0.29) is 12.0 Å². The molecule has 0 saturated carbocycles. The Morgan fingerprint density at radius 2 is 2.03 bits per heavy atom. The highest BCUT2D eigenvalue weighted by atomic mass is 32.1. The van der Waals surface area contributed by atoms with E-state index < -0.39 is 0 Å². The van der Waals surface area contributed by atoms with Crippen LogP contribution in [0.25, 0.3) is 27.5 Å². The fraction of sp³-hybridized carbons (Fsp3) is 0.407. The number of hydrogen-bond acceptors (Lipinski definition) is 8. The third kappa shape index (κ3) is 4.18. The van der Waals surface area contributed by atoms with Crippen LogP contribution in [0.4, 0.5) is 5.82 Å². The van der Waals surface area contributed by atoms with Crippen molar-refractivity contribution in [1.82, 2.24) is 29.8 Å². The molecule has 4 aromatic rings. The zero-order chi connectivity index (χ0) is 24.9. The lowest BCUT2D eigenvalue weighted by Crippen LogP contribution is -2.52. The fourth-order valence-electron chi connectivity index (χ4n) is 5.61. The van der Waals surface area contributed by atoms with Crippen molar-refractivity contribution in [3.63, 3.8) is 0 Å². The van der Waals surface area contributed by atoms with Crippen molar-refractivity contribution < 1.29 is 9.53 Å². The summed E-state index contributed by atoms with van der Waals surface area (Å²) in [4.78, 5) is 29.1. The van der Waals surface area contributed by atoms with E-state index in [1.807, 2.05) is 40.7 Å². The highest BCUT2D eigenvalue weighted by molar-refractivity contribution is 7.13. The molecule has 0 radical (unpaired) electrons. The van der Waals surface area contributed by atoms with E-state index in [2.05, 4.69) is 21.4 Å². The minimum Gasteiger partial charge on any atom is -0.378 e. The molecule has 1 amide bonds. The largest absolute Gasteiger partial charge is 0.378 e. The number of aromatic nitrogens is 4. The van der Waals surface area contributed by atoms with Crippen LogP contribution in [0, 0.1) is 5.92 Å². The minimum absolute atomic E-state index is 0.0676. The van der Waals surface area contributed by atoms with Crippen LogP contribution < -0.4 is 10.2 Å². The summed E-state index contributed by atoms with van der Waals surface area (Å²) in [6, 6.07) is 10.3. The van der Waals surface area contributed by atoms with E-state index in [1.165, 1.54) is 6.42 Å². The van der Waals surface area contributed by atoms with Gasteiger partial charge in [-0.3, -0.25) is 4.79 Å². The number of carbonyl (C=O) groups excluding carboxylic acids is 1. The van der Waals surface area contributed by atoms with Gasteiger partial charge in [0.25, 0.3) is 5.91 Å².